The van der Waals surface area contributed by atoms with E-state index in [1.54, 1.807) is 61.7 Å². The van der Waals surface area contributed by atoms with Crippen LogP contribution in [0.2, 0.25) is 0 Å². The SMILES string of the molecule is CCOc1ccc(N2C(=O)/C(=C\c3ccc(OC(=O)c4ccc(OC)cc4)cc3)SC2=S)cc1. The quantitative estimate of drug-likeness (QED) is 0.181. The van der Waals surface area contributed by atoms with Crippen LogP contribution in [0.1, 0.15) is 22.8 Å². The van der Waals surface area contributed by atoms with E-state index in [1.165, 1.54) is 16.7 Å². The van der Waals surface area contributed by atoms with Crippen molar-refractivity contribution in [3.8, 4) is 17.2 Å². The number of methoxy groups -OCH3 is 1. The van der Waals surface area contributed by atoms with Gasteiger partial charge in [-0.15, -0.1) is 0 Å². The van der Waals surface area contributed by atoms with Crippen LogP contribution < -0.4 is 19.1 Å². The van der Waals surface area contributed by atoms with Gasteiger partial charge in [0.2, 0.25) is 0 Å². The summed E-state index contributed by atoms with van der Waals surface area (Å²) in [6.45, 7) is 2.49. The molecule has 3 aromatic rings. The smallest absolute Gasteiger partial charge is 0.343 e. The molecule has 6 nitrogen and oxygen atoms in total. The van der Waals surface area contributed by atoms with Gasteiger partial charge in [0.05, 0.1) is 29.9 Å². The van der Waals surface area contributed by atoms with Crippen LogP contribution in [0, 0.1) is 0 Å². The van der Waals surface area contributed by atoms with Gasteiger partial charge in [0.15, 0.2) is 4.32 Å². The number of anilines is 1. The van der Waals surface area contributed by atoms with Gasteiger partial charge in [-0.25, -0.2) is 4.79 Å². The molecule has 1 aliphatic rings. The number of benzene rings is 3. The van der Waals surface area contributed by atoms with Gasteiger partial charge in [-0.05, 0) is 79.2 Å². The maximum Gasteiger partial charge on any atom is 0.343 e. The minimum absolute atomic E-state index is 0.186. The predicted molar refractivity (Wildman–Crippen MR) is 138 cm³/mol. The Morgan fingerprint density at radius 2 is 1.56 bits per heavy atom. The molecule has 1 amide bonds. The summed E-state index contributed by atoms with van der Waals surface area (Å²) in [6, 6.07) is 20.8. The lowest BCUT2D eigenvalue weighted by molar-refractivity contribution is -0.113. The fraction of sp³-hybridized carbons (Fsp3) is 0.115. The minimum atomic E-state index is -0.466. The molecule has 4 rings (SSSR count). The number of rotatable bonds is 7. The Morgan fingerprint density at radius 3 is 2.18 bits per heavy atom. The van der Waals surface area contributed by atoms with Crippen LogP contribution in [-0.4, -0.2) is 29.9 Å². The van der Waals surface area contributed by atoms with E-state index >= 15 is 0 Å². The number of esters is 1. The summed E-state index contributed by atoms with van der Waals surface area (Å²) in [4.78, 5) is 27.3. The topological polar surface area (TPSA) is 65.1 Å². The fourth-order valence-corrected chi connectivity index (χ4v) is 4.52. The highest BCUT2D eigenvalue weighted by atomic mass is 32.2. The van der Waals surface area contributed by atoms with Crippen LogP contribution in [0.4, 0.5) is 5.69 Å². The number of carbonyl (C=O) groups excluding carboxylic acids is 2. The molecule has 0 aliphatic carbocycles. The van der Waals surface area contributed by atoms with Crippen molar-refractivity contribution in [2.75, 3.05) is 18.6 Å². The molecular formula is C26H21NO5S2. The summed E-state index contributed by atoms with van der Waals surface area (Å²) in [5.41, 5.74) is 1.90. The lowest BCUT2D eigenvalue weighted by atomic mass is 10.2. The Bertz CT molecular complexity index is 1240. The number of ether oxygens (including phenoxy) is 3. The van der Waals surface area contributed by atoms with Crippen LogP contribution in [0.5, 0.6) is 17.2 Å². The van der Waals surface area contributed by atoms with Crippen molar-refractivity contribution in [2.24, 2.45) is 0 Å². The molecule has 3 aromatic carbocycles. The van der Waals surface area contributed by atoms with Gasteiger partial charge in [0.25, 0.3) is 5.91 Å². The first-order chi connectivity index (χ1) is 16.5. The number of hydrogen-bond donors (Lipinski definition) is 0. The molecule has 0 saturated carbocycles. The number of carbonyl (C=O) groups is 2. The van der Waals surface area contributed by atoms with Crippen molar-refractivity contribution in [1.29, 1.82) is 0 Å². The second kappa shape index (κ2) is 10.5. The van der Waals surface area contributed by atoms with E-state index in [0.29, 0.717) is 38.6 Å². The van der Waals surface area contributed by atoms with Crippen molar-refractivity contribution in [2.45, 2.75) is 6.92 Å². The van der Waals surface area contributed by atoms with Crippen molar-refractivity contribution in [3.05, 3.63) is 88.8 Å². The maximum absolute atomic E-state index is 13.0. The van der Waals surface area contributed by atoms with E-state index < -0.39 is 5.97 Å². The first-order valence-electron chi connectivity index (χ1n) is 10.5. The van der Waals surface area contributed by atoms with Gasteiger partial charge in [0.1, 0.15) is 17.2 Å². The van der Waals surface area contributed by atoms with E-state index in [4.69, 9.17) is 26.4 Å². The summed E-state index contributed by atoms with van der Waals surface area (Å²) < 4.78 is 16.4. The monoisotopic (exact) mass is 491 g/mol. The summed E-state index contributed by atoms with van der Waals surface area (Å²) in [5, 5.41) is 0. The molecule has 0 spiro atoms. The van der Waals surface area contributed by atoms with Gasteiger partial charge in [-0.3, -0.25) is 9.69 Å². The molecular weight excluding hydrogens is 470 g/mol. The molecule has 172 valence electrons. The van der Waals surface area contributed by atoms with Crippen LogP contribution in [0.15, 0.2) is 77.7 Å². The van der Waals surface area contributed by atoms with E-state index in [9.17, 15) is 9.59 Å². The molecule has 0 aromatic heterocycles. The third kappa shape index (κ3) is 5.30. The average molecular weight is 492 g/mol. The Kier molecular flexibility index (Phi) is 7.30. The van der Waals surface area contributed by atoms with Gasteiger partial charge in [-0.1, -0.05) is 36.1 Å². The zero-order chi connectivity index (χ0) is 24.1. The molecule has 8 heteroatoms. The molecule has 0 radical (unpaired) electrons. The zero-order valence-corrected chi connectivity index (χ0v) is 20.2. The predicted octanol–water partition coefficient (Wildman–Crippen LogP) is 5.72. The molecule has 0 atom stereocenters. The highest BCUT2D eigenvalue weighted by Gasteiger charge is 2.33. The minimum Gasteiger partial charge on any atom is -0.497 e. The van der Waals surface area contributed by atoms with Crippen molar-refractivity contribution in [1.82, 2.24) is 0 Å². The molecule has 1 aliphatic heterocycles. The van der Waals surface area contributed by atoms with Crippen molar-refractivity contribution in [3.63, 3.8) is 0 Å². The highest BCUT2D eigenvalue weighted by molar-refractivity contribution is 8.27. The zero-order valence-electron chi connectivity index (χ0n) is 18.5. The number of thiocarbonyl (C=S) groups is 1. The van der Waals surface area contributed by atoms with Crippen LogP contribution >= 0.6 is 24.0 Å². The van der Waals surface area contributed by atoms with E-state index in [2.05, 4.69) is 0 Å². The molecule has 1 fully saturated rings. The molecule has 1 heterocycles. The normalized spacial score (nSPS) is 14.4. The summed E-state index contributed by atoms with van der Waals surface area (Å²) in [7, 11) is 1.56. The average Bonchev–Trinajstić information content (AvgIpc) is 3.13. The second-order valence-corrected chi connectivity index (χ2v) is 8.81. The Labute approximate surface area is 207 Å². The Balaban J connectivity index is 1.44. The summed E-state index contributed by atoms with van der Waals surface area (Å²) in [6.07, 6.45) is 1.77. The van der Waals surface area contributed by atoms with Crippen molar-refractivity contribution < 1.29 is 23.8 Å². The second-order valence-electron chi connectivity index (χ2n) is 7.13. The maximum atomic E-state index is 13.0. The number of amides is 1. The van der Waals surface area contributed by atoms with Gasteiger partial charge >= 0.3 is 5.97 Å². The lowest BCUT2D eigenvalue weighted by Crippen LogP contribution is -2.27. The number of thioether (sulfide) groups is 1. The first kappa shape index (κ1) is 23.5. The summed E-state index contributed by atoms with van der Waals surface area (Å²) >= 11 is 6.68. The van der Waals surface area contributed by atoms with Crippen LogP contribution in [0.25, 0.3) is 6.08 Å². The number of hydrogen-bond acceptors (Lipinski definition) is 7. The summed E-state index contributed by atoms with van der Waals surface area (Å²) in [5.74, 6) is 1.15. The largest absolute Gasteiger partial charge is 0.497 e. The Morgan fingerprint density at radius 1 is 0.941 bits per heavy atom. The molecule has 0 bridgehead atoms. The third-order valence-electron chi connectivity index (χ3n) is 4.91. The van der Waals surface area contributed by atoms with Gasteiger partial charge < -0.3 is 14.2 Å². The molecule has 0 unspecified atom stereocenters. The van der Waals surface area contributed by atoms with Gasteiger partial charge in [0, 0.05) is 0 Å². The third-order valence-corrected chi connectivity index (χ3v) is 6.22. The molecule has 0 N–H and O–H groups in total. The fourth-order valence-electron chi connectivity index (χ4n) is 3.22. The molecule has 1 saturated heterocycles. The molecule has 34 heavy (non-hydrogen) atoms. The first-order valence-corrected chi connectivity index (χ1v) is 11.7. The lowest BCUT2D eigenvalue weighted by Gasteiger charge is -2.15. The Hall–Kier alpha value is -3.62. The van der Waals surface area contributed by atoms with E-state index in [1.807, 2.05) is 31.2 Å². The van der Waals surface area contributed by atoms with Crippen molar-refractivity contribution >= 4 is 51.9 Å². The van der Waals surface area contributed by atoms with Crippen LogP contribution in [0.3, 0.4) is 0 Å². The van der Waals surface area contributed by atoms with Gasteiger partial charge in [-0.2, -0.15) is 0 Å². The van der Waals surface area contributed by atoms with Crippen LogP contribution in [-0.2, 0) is 4.79 Å². The standard InChI is InChI=1S/C26H21NO5S2/c1-3-31-21-14-8-19(9-15-21)27-24(28)23(34-26(27)33)16-17-4-10-22(11-5-17)32-25(29)18-6-12-20(30-2)13-7-18/h4-16H,3H2,1-2H3/b23-16+. The highest BCUT2D eigenvalue weighted by Crippen LogP contribution is 2.36. The van der Waals surface area contributed by atoms with E-state index in [-0.39, 0.29) is 5.91 Å². The van der Waals surface area contributed by atoms with E-state index in [0.717, 1.165) is 11.3 Å². The number of nitrogens with zero attached hydrogens (tertiary/aromatic N) is 1.